The number of aromatic nitrogens is 2. The van der Waals surface area contributed by atoms with Crippen LogP contribution in [0, 0.1) is 13.8 Å². The van der Waals surface area contributed by atoms with Crippen LogP contribution in [0.15, 0.2) is 30.5 Å². The van der Waals surface area contributed by atoms with Gasteiger partial charge in [0.1, 0.15) is 0 Å². The molecule has 0 aliphatic heterocycles. The summed E-state index contributed by atoms with van der Waals surface area (Å²) in [5, 5.41) is 3.26. The van der Waals surface area contributed by atoms with Gasteiger partial charge in [-0.3, -0.25) is 0 Å². The molecule has 1 heterocycles. The first kappa shape index (κ1) is 9.77. The van der Waals surface area contributed by atoms with Crippen LogP contribution in [0.4, 0.5) is 5.95 Å². The van der Waals surface area contributed by atoms with E-state index in [1.54, 1.807) is 0 Å². The fraction of sp³-hybridized carbons (Fsp3) is 0.250. The zero-order chi connectivity index (χ0) is 10.7. The largest absolute Gasteiger partial charge is 0.352 e. The van der Waals surface area contributed by atoms with E-state index >= 15 is 0 Å². The van der Waals surface area contributed by atoms with E-state index in [2.05, 4.69) is 46.5 Å². The summed E-state index contributed by atoms with van der Waals surface area (Å²) in [6.07, 6.45) is 1.82. The average molecular weight is 201 g/mol. The number of hydrogen-bond acceptors (Lipinski definition) is 2. The van der Waals surface area contributed by atoms with Crippen molar-refractivity contribution in [2.24, 2.45) is 0 Å². The minimum Gasteiger partial charge on any atom is -0.352 e. The number of anilines is 1. The van der Waals surface area contributed by atoms with Crippen LogP contribution in [0.5, 0.6) is 0 Å². The molecule has 78 valence electrons. The summed E-state index contributed by atoms with van der Waals surface area (Å²) >= 11 is 0. The van der Waals surface area contributed by atoms with Crippen molar-refractivity contribution in [2.75, 3.05) is 5.32 Å². The Kier molecular flexibility index (Phi) is 2.72. The zero-order valence-electron chi connectivity index (χ0n) is 9.04. The molecule has 0 spiro atoms. The molecule has 0 saturated carbocycles. The van der Waals surface area contributed by atoms with Crippen molar-refractivity contribution in [3.8, 4) is 0 Å². The highest BCUT2D eigenvalue weighted by Crippen LogP contribution is 2.09. The summed E-state index contributed by atoms with van der Waals surface area (Å²) in [7, 11) is 0. The fourth-order valence-corrected chi connectivity index (χ4v) is 1.49. The summed E-state index contributed by atoms with van der Waals surface area (Å²) in [4.78, 5) is 7.34. The molecule has 3 nitrogen and oxygen atoms in total. The maximum absolute atomic E-state index is 4.19. The summed E-state index contributed by atoms with van der Waals surface area (Å²) in [5.74, 6) is 0.829. The number of imidazole rings is 1. The molecule has 15 heavy (non-hydrogen) atoms. The number of nitrogens with one attached hydrogen (secondary N) is 2. The molecule has 0 bridgehead atoms. The van der Waals surface area contributed by atoms with Crippen molar-refractivity contribution >= 4 is 5.95 Å². The molecule has 0 amide bonds. The van der Waals surface area contributed by atoms with E-state index in [9.17, 15) is 0 Å². The number of benzene rings is 1. The third kappa shape index (κ3) is 2.37. The summed E-state index contributed by atoms with van der Waals surface area (Å²) < 4.78 is 0. The molecule has 0 atom stereocenters. The van der Waals surface area contributed by atoms with Gasteiger partial charge in [-0.25, -0.2) is 4.98 Å². The van der Waals surface area contributed by atoms with Gasteiger partial charge >= 0.3 is 0 Å². The Bertz CT molecular complexity index is 446. The minimum atomic E-state index is 0.805. The highest BCUT2D eigenvalue weighted by Gasteiger charge is 1.98. The van der Waals surface area contributed by atoms with Crippen LogP contribution < -0.4 is 5.32 Å². The maximum atomic E-state index is 4.19. The van der Waals surface area contributed by atoms with E-state index in [0.717, 1.165) is 18.2 Å². The first-order valence-corrected chi connectivity index (χ1v) is 5.05. The number of H-pyrrole nitrogens is 1. The summed E-state index contributed by atoms with van der Waals surface area (Å²) in [6, 6.07) is 8.34. The van der Waals surface area contributed by atoms with Crippen LogP contribution in [0.25, 0.3) is 0 Å². The Morgan fingerprint density at radius 3 is 2.73 bits per heavy atom. The number of nitrogens with zero attached hydrogens (tertiary/aromatic N) is 1. The molecular formula is C12H15N3. The zero-order valence-corrected chi connectivity index (χ0v) is 9.04. The lowest BCUT2D eigenvalue weighted by molar-refractivity contribution is 1.07. The highest BCUT2D eigenvalue weighted by molar-refractivity contribution is 5.32. The van der Waals surface area contributed by atoms with Gasteiger partial charge in [-0.2, -0.15) is 0 Å². The number of aromatic amines is 1. The topological polar surface area (TPSA) is 40.7 Å². The first-order valence-electron chi connectivity index (χ1n) is 5.05. The van der Waals surface area contributed by atoms with E-state index in [1.165, 1.54) is 11.1 Å². The number of rotatable bonds is 3. The third-order valence-corrected chi connectivity index (χ3v) is 2.41. The maximum Gasteiger partial charge on any atom is 0.200 e. The first-order chi connectivity index (χ1) is 7.25. The lowest BCUT2D eigenvalue weighted by Crippen LogP contribution is -2.02. The second kappa shape index (κ2) is 4.17. The van der Waals surface area contributed by atoms with Crippen molar-refractivity contribution < 1.29 is 0 Å². The van der Waals surface area contributed by atoms with Crippen LogP contribution in [0.2, 0.25) is 0 Å². The van der Waals surface area contributed by atoms with Gasteiger partial charge in [-0.1, -0.05) is 24.3 Å². The fourth-order valence-electron chi connectivity index (χ4n) is 1.49. The molecule has 0 aliphatic carbocycles. The van der Waals surface area contributed by atoms with Crippen LogP contribution in [0.1, 0.15) is 16.8 Å². The summed E-state index contributed by atoms with van der Waals surface area (Å²) in [6.45, 7) is 4.91. The van der Waals surface area contributed by atoms with Crippen LogP contribution >= 0.6 is 0 Å². The molecule has 0 fully saturated rings. The lowest BCUT2D eigenvalue weighted by atomic mass is 10.1. The van der Waals surface area contributed by atoms with Gasteiger partial charge < -0.3 is 10.3 Å². The molecule has 2 aromatic rings. The van der Waals surface area contributed by atoms with Gasteiger partial charge in [-0.15, -0.1) is 0 Å². The van der Waals surface area contributed by atoms with Gasteiger partial charge in [0.15, 0.2) is 0 Å². The van der Waals surface area contributed by atoms with Gasteiger partial charge in [0.2, 0.25) is 5.95 Å². The molecule has 0 aliphatic rings. The monoisotopic (exact) mass is 201 g/mol. The Hall–Kier alpha value is -1.77. The molecule has 0 radical (unpaired) electrons. The van der Waals surface area contributed by atoms with Crippen molar-refractivity contribution in [1.82, 2.24) is 9.97 Å². The average Bonchev–Trinajstić information content (AvgIpc) is 2.63. The SMILES string of the molecule is Cc1cnc(NCc2ccccc2C)[nH]1. The molecule has 1 aromatic carbocycles. The predicted octanol–water partition coefficient (Wildman–Crippen LogP) is 2.64. The Balaban J connectivity index is 2.02. The molecule has 1 aromatic heterocycles. The summed E-state index contributed by atoms with van der Waals surface area (Å²) in [5.41, 5.74) is 3.67. The Labute approximate surface area is 89.6 Å². The molecule has 3 heteroatoms. The van der Waals surface area contributed by atoms with Crippen molar-refractivity contribution in [1.29, 1.82) is 0 Å². The quantitative estimate of drug-likeness (QED) is 0.801. The number of aryl methyl sites for hydroxylation is 2. The predicted molar refractivity (Wildman–Crippen MR) is 61.8 cm³/mol. The second-order valence-corrected chi connectivity index (χ2v) is 3.69. The van der Waals surface area contributed by atoms with Crippen molar-refractivity contribution in [3.05, 3.63) is 47.3 Å². The molecule has 0 saturated heterocycles. The highest BCUT2D eigenvalue weighted by atomic mass is 15.1. The van der Waals surface area contributed by atoms with Gasteiger partial charge in [0.25, 0.3) is 0 Å². The Morgan fingerprint density at radius 1 is 1.27 bits per heavy atom. The molecule has 2 rings (SSSR count). The van der Waals surface area contributed by atoms with Crippen LogP contribution in [-0.4, -0.2) is 9.97 Å². The lowest BCUT2D eigenvalue weighted by Gasteiger charge is -2.05. The molecule has 2 N–H and O–H groups in total. The third-order valence-electron chi connectivity index (χ3n) is 2.41. The molecular weight excluding hydrogens is 186 g/mol. The van der Waals surface area contributed by atoms with E-state index < -0.39 is 0 Å². The van der Waals surface area contributed by atoms with E-state index in [0.29, 0.717) is 0 Å². The normalized spacial score (nSPS) is 10.3. The second-order valence-electron chi connectivity index (χ2n) is 3.69. The van der Waals surface area contributed by atoms with E-state index in [-0.39, 0.29) is 0 Å². The van der Waals surface area contributed by atoms with Crippen molar-refractivity contribution in [3.63, 3.8) is 0 Å². The van der Waals surface area contributed by atoms with E-state index in [4.69, 9.17) is 0 Å². The smallest absolute Gasteiger partial charge is 0.200 e. The van der Waals surface area contributed by atoms with Gasteiger partial charge in [0.05, 0.1) is 0 Å². The Morgan fingerprint density at radius 2 is 2.07 bits per heavy atom. The number of hydrogen-bond donors (Lipinski definition) is 2. The van der Waals surface area contributed by atoms with Crippen LogP contribution in [0.3, 0.4) is 0 Å². The van der Waals surface area contributed by atoms with Crippen LogP contribution in [-0.2, 0) is 6.54 Å². The minimum absolute atomic E-state index is 0.805. The van der Waals surface area contributed by atoms with Gasteiger partial charge in [-0.05, 0) is 25.0 Å². The standard InChI is InChI=1S/C12H15N3/c1-9-5-3-4-6-11(9)8-14-12-13-7-10(2)15-12/h3-7H,8H2,1-2H3,(H2,13,14,15). The van der Waals surface area contributed by atoms with E-state index in [1.807, 2.05) is 13.1 Å². The van der Waals surface area contributed by atoms with Crippen molar-refractivity contribution in [2.45, 2.75) is 20.4 Å². The van der Waals surface area contributed by atoms with Gasteiger partial charge in [0, 0.05) is 18.4 Å². The molecule has 0 unspecified atom stereocenters.